The molecule has 1 fully saturated rings. The normalized spacial score (nSPS) is 15.4. The molecule has 1 amide bonds. The van der Waals surface area contributed by atoms with Crippen molar-refractivity contribution in [3.8, 4) is 5.75 Å². The second kappa shape index (κ2) is 17.5. The molecule has 0 bridgehead atoms. The molecular formula is C37H45N3O8. The summed E-state index contributed by atoms with van der Waals surface area (Å²) in [6.07, 6.45) is 0.434. The SMILES string of the molecule is CC(C)C[C@H](NC(=O)[C@@H](CC(=O)[C@H](C)NC1(C[N+](=O)[O-])COC1)Cc1ccc(OCc2ccccc2)cc1)C(=O)OCc1ccccc1. The summed E-state index contributed by atoms with van der Waals surface area (Å²) in [7, 11) is 0. The highest BCUT2D eigenvalue weighted by Gasteiger charge is 2.45. The van der Waals surface area contributed by atoms with E-state index in [0.717, 1.165) is 16.7 Å². The van der Waals surface area contributed by atoms with Crippen molar-refractivity contribution in [3.63, 3.8) is 0 Å². The van der Waals surface area contributed by atoms with E-state index in [9.17, 15) is 24.5 Å². The van der Waals surface area contributed by atoms with E-state index >= 15 is 0 Å². The zero-order valence-electron chi connectivity index (χ0n) is 27.8. The van der Waals surface area contributed by atoms with Gasteiger partial charge >= 0.3 is 5.97 Å². The average molecular weight is 660 g/mol. The van der Waals surface area contributed by atoms with Gasteiger partial charge in [-0.2, -0.15) is 0 Å². The first-order valence-electron chi connectivity index (χ1n) is 16.3. The fraction of sp³-hybridized carbons (Fsp3) is 0.432. The monoisotopic (exact) mass is 659 g/mol. The van der Waals surface area contributed by atoms with Gasteiger partial charge in [-0.05, 0) is 54.5 Å². The summed E-state index contributed by atoms with van der Waals surface area (Å²) < 4.78 is 16.7. The maximum absolute atomic E-state index is 13.9. The number of carbonyl (C=O) groups excluding carboxylic acids is 3. The molecule has 1 saturated heterocycles. The van der Waals surface area contributed by atoms with Crippen molar-refractivity contribution in [2.24, 2.45) is 11.8 Å². The molecule has 0 unspecified atom stereocenters. The standard InChI is InChI=1S/C37H45N3O8/c1-26(2)18-33(36(43)48-22-30-12-8-5-9-13-30)38-35(42)31(20-34(41)27(3)39-37(23-40(44)45)24-46-25-37)19-28-14-16-32(17-15-28)47-21-29-10-6-4-7-11-29/h4-17,26-27,31,33,39H,18-25H2,1-3H3,(H,38,42)/t27-,31+,33-/m0/s1. The Morgan fingerprint density at radius 3 is 2.02 bits per heavy atom. The summed E-state index contributed by atoms with van der Waals surface area (Å²) >= 11 is 0. The molecule has 1 aliphatic heterocycles. The van der Waals surface area contributed by atoms with Crippen LogP contribution in [0, 0.1) is 22.0 Å². The van der Waals surface area contributed by atoms with Crippen molar-refractivity contribution in [2.45, 2.75) is 70.9 Å². The molecule has 3 aromatic carbocycles. The lowest BCUT2D eigenvalue weighted by Crippen LogP contribution is -2.67. The molecule has 1 aliphatic rings. The Kier molecular flexibility index (Phi) is 13.2. The maximum Gasteiger partial charge on any atom is 0.328 e. The van der Waals surface area contributed by atoms with Gasteiger partial charge in [0.2, 0.25) is 12.5 Å². The van der Waals surface area contributed by atoms with E-state index in [4.69, 9.17) is 14.2 Å². The van der Waals surface area contributed by atoms with Crippen LogP contribution in [0.4, 0.5) is 0 Å². The molecule has 11 nitrogen and oxygen atoms in total. The molecule has 0 spiro atoms. The summed E-state index contributed by atoms with van der Waals surface area (Å²) in [5.74, 6) is -1.36. The number of amides is 1. The lowest BCUT2D eigenvalue weighted by molar-refractivity contribution is -0.498. The molecule has 256 valence electrons. The van der Waals surface area contributed by atoms with Crippen molar-refractivity contribution in [2.75, 3.05) is 19.8 Å². The minimum atomic E-state index is -0.934. The fourth-order valence-corrected chi connectivity index (χ4v) is 5.58. The number of rotatable bonds is 19. The zero-order chi connectivity index (χ0) is 34.5. The van der Waals surface area contributed by atoms with E-state index in [1.165, 1.54) is 0 Å². The van der Waals surface area contributed by atoms with Gasteiger partial charge < -0.3 is 19.5 Å². The second-order valence-electron chi connectivity index (χ2n) is 12.9. The van der Waals surface area contributed by atoms with Gasteiger partial charge in [0.15, 0.2) is 0 Å². The number of hydrogen-bond acceptors (Lipinski definition) is 9. The number of nitrogens with zero attached hydrogens (tertiary/aromatic N) is 1. The van der Waals surface area contributed by atoms with Crippen LogP contribution in [0.1, 0.15) is 50.3 Å². The minimum Gasteiger partial charge on any atom is -0.489 e. The number of nitrogens with one attached hydrogen (secondary N) is 2. The second-order valence-corrected chi connectivity index (χ2v) is 12.9. The maximum atomic E-state index is 13.9. The lowest BCUT2D eigenvalue weighted by Gasteiger charge is -2.40. The molecule has 11 heteroatoms. The van der Waals surface area contributed by atoms with Gasteiger partial charge in [0.05, 0.1) is 19.3 Å². The summed E-state index contributed by atoms with van der Waals surface area (Å²) in [4.78, 5) is 51.4. The predicted molar refractivity (Wildman–Crippen MR) is 180 cm³/mol. The van der Waals surface area contributed by atoms with Gasteiger partial charge in [-0.1, -0.05) is 86.6 Å². The van der Waals surface area contributed by atoms with E-state index in [1.807, 2.05) is 98.8 Å². The van der Waals surface area contributed by atoms with Crippen molar-refractivity contribution >= 4 is 17.7 Å². The molecule has 0 radical (unpaired) electrons. The fourth-order valence-electron chi connectivity index (χ4n) is 5.58. The van der Waals surface area contributed by atoms with Crippen molar-refractivity contribution < 1.29 is 33.5 Å². The molecule has 48 heavy (non-hydrogen) atoms. The highest BCUT2D eigenvalue weighted by molar-refractivity contribution is 5.91. The number of nitro groups is 1. The summed E-state index contributed by atoms with van der Waals surface area (Å²) in [5.41, 5.74) is 1.73. The van der Waals surface area contributed by atoms with Gasteiger partial charge in [-0.25, -0.2) is 4.79 Å². The van der Waals surface area contributed by atoms with Crippen LogP contribution in [0.5, 0.6) is 5.75 Å². The van der Waals surface area contributed by atoms with Crippen LogP contribution in [0.2, 0.25) is 0 Å². The van der Waals surface area contributed by atoms with Gasteiger partial charge in [0, 0.05) is 17.3 Å². The average Bonchev–Trinajstić information content (AvgIpc) is 3.05. The third-order valence-electron chi connectivity index (χ3n) is 8.20. The number of ether oxygens (including phenoxy) is 3. The number of Topliss-reactive ketones (excluding diaryl/α,β-unsaturated/α-hetero) is 1. The van der Waals surface area contributed by atoms with Crippen molar-refractivity contribution in [3.05, 3.63) is 112 Å². The smallest absolute Gasteiger partial charge is 0.328 e. The van der Waals surface area contributed by atoms with Gasteiger partial charge in [-0.3, -0.25) is 25.0 Å². The van der Waals surface area contributed by atoms with Gasteiger partial charge in [0.1, 0.15) is 36.3 Å². The highest BCUT2D eigenvalue weighted by atomic mass is 16.6. The molecule has 1 heterocycles. The van der Waals surface area contributed by atoms with Crippen LogP contribution in [-0.2, 0) is 43.5 Å². The number of benzene rings is 3. The third-order valence-corrected chi connectivity index (χ3v) is 8.20. The molecule has 0 saturated carbocycles. The van der Waals surface area contributed by atoms with Crippen LogP contribution in [0.3, 0.4) is 0 Å². The summed E-state index contributed by atoms with van der Waals surface area (Å²) in [6.45, 7) is 5.88. The quantitative estimate of drug-likeness (QED) is 0.106. The molecular weight excluding hydrogens is 614 g/mol. The molecule has 4 rings (SSSR count). The summed E-state index contributed by atoms with van der Waals surface area (Å²) in [5, 5.41) is 17.2. The van der Waals surface area contributed by atoms with Crippen molar-refractivity contribution in [1.82, 2.24) is 10.6 Å². The van der Waals surface area contributed by atoms with Gasteiger partial charge in [0.25, 0.3) is 0 Å². The predicted octanol–water partition coefficient (Wildman–Crippen LogP) is 4.68. The molecule has 3 atom stereocenters. The van der Waals surface area contributed by atoms with E-state index in [0.29, 0.717) is 18.8 Å². The Hall–Kier alpha value is -4.61. The number of esters is 1. The largest absolute Gasteiger partial charge is 0.489 e. The van der Waals surface area contributed by atoms with E-state index < -0.39 is 40.3 Å². The lowest BCUT2D eigenvalue weighted by atomic mass is 9.89. The zero-order valence-corrected chi connectivity index (χ0v) is 27.8. The third kappa shape index (κ3) is 11.3. The molecule has 3 aromatic rings. The van der Waals surface area contributed by atoms with E-state index in [1.54, 1.807) is 6.92 Å². The molecule has 2 N–H and O–H groups in total. The number of ketones is 1. The van der Waals surface area contributed by atoms with Crippen molar-refractivity contribution in [1.29, 1.82) is 0 Å². The summed E-state index contributed by atoms with van der Waals surface area (Å²) in [6, 6.07) is 24.7. The highest BCUT2D eigenvalue weighted by Crippen LogP contribution is 2.22. The number of hydrogen-bond donors (Lipinski definition) is 2. The Bertz CT molecular complexity index is 1490. The first kappa shape index (κ1) is 36.2. The van der Waals surface area contributed by atoms with Gasteiger partial charge in [-0.15, -0.1) is 0 Å². The van der Waals surface area contributed by atoms with Crippen LogP contribution < -0.4 is 15.4 Å². The van der Waals surface area contributed by atoms with E-state index in [2.05, 4.69) is 10.6 Å². The van der Waals surface area contributed by atoms with Crippen LogP contribution in [0.15, 0.2) is 84.9 Å². The Morgan fingerprint density at radius 1 is 0.875 bits per heavy atom. The topological polar surface area (TPSA) is 146 Å². The molecule has 0 aromatic heterocycles. The van der Waals surface area contributed by atoms with Crippen LogP contribution in [-0.4, -0.2) is 60.0 Å². The Balaban J connectivity index is 1.47. The first-order valence-corrected chi connectivity index (χ1v) is 16.3. The Morgan fingerprint density at radius 2 is 1.48 bits per heavy atom. The molecule has 0 aliphatic carbocycles. The van der Waals surface area contributed by atoms with Crippen LogP contribution >= 0.6 is 0 Å². The first-order chi connectivity index (χ1) is 23.0. The number of carbonyl (C=O) groups is 3. The van der Waals surface area contributed by atoms with E-state index in [-0.39, 0.29) is 50.9 Å². The minimum absolute atomic E-state index is 0.0730. The van der Waals surface area contributed by atoms with Crippen LogP contribution in [0.25, 0.3) is 0 Å². The Labute approximate surface area is 281 Å².